The molecule has 3 aromatic rings. The third-order valence-corrected chi connectivity index (χ3v) is 4.27. The first-order valence-corrected chi connectivity index (χ1v) is 8.52. The molecule has 0 aliphatic rings. The van der Waals surface area contributed by atoms with Crippen LogP contribution in [0.25, 0.3) is 10.9 Å². The van der Waals surface area contributed by atoms with E-state index in [0.717, 1.165) is 0 Å². The van der Waals surface area contributed by atoms with E-state index in [0.29, 0.717) is 28.9 Å². The molecule has 140 valence electrons. The summed E-state index contributed by atoms with van der Waals surface area (Å²) in [5.74, 6) is -0.442. The number of rotatable bonds is 6. The highest BCUT2D eigenvalue weighted by atomic mass is 19.1. The van der Waals surface area contributed by atoms with Crippen molar-refractivity contribution in [3.8, 4) is 0 Å². The maximum absolute atomic E-state index is 13.9. The number of carbonyl (C=O) groups excluding carboxylic acids is 1. The summed E-state index contributed by atoms with van der Waals surface area (Å²) < 4.78 is 18.9. The summed E-state index contributed by atoms with van der Waals surface area (Å²) >= 11 is 0. The smallest absolute Gasteiger partial charge is 0.258 e. The summed E-state index contributed by atoms with van der Waals surface area (Å²) in [6.07, 6.45) is 0. The van der Waals surface area contributed by atoms with Gasteiger partial charge in [0.15, 0.2) is 0 Å². The fourth-order valence-electron chi connectivity index (χ4n) is 2.75. The summed E-state index contributed by atoms with van der Waals surface area (Å²) in [6.45, 7) is 2.30. The van der Waals surface area contributed by atoms with Gasteiger partial charge in [-0.05, 0) is 36.8 Å². The molecule has 0 aliphatic carbocycles. The SMILES string of the molecule is COCCN(Cc1nc2ccccc2c(=O)[nH]1)C(=O)c1ccc(C)c(F)c1. The van der Waals surface area contributed by atoms with Crippen LogP contribution in [0.15, 0.2) is 47.3 Å². The van der Waals surface area contributed by atoms with E-state index in [-0.39, 0.29) is 30.1 Å². The van der Waals surface area contributed by atoms with Crippen LogP contribution in [0, 0.1) is 12.7 Å². The van der Waals surface area contributed by atoms with E-state index in [1.165, 1.54) is 18.1 Å². The van der Waals surface area contributed by atoms with Crippen molar-refractivity contribution in [3.63, 3.8) is 0 Å². The zero-order chi connectivity index (χ0) is 19.4. The molecule has 1 N–H and O–H groups in total. The summed E-state index contributed by atoms with van der Waals surface area (Å²) in [4.78, 5) is 33.7. The lowest BCUT2D eigenvalue weighted by molar-refractivity contribution is 0.0674. The number of benzene rings is 2. The number of methoxy groups -OCH3 is 1. The number of ether oxygens (including phenoxy) is 1. The Hall–Kier alpha value is -3.06. The lowest BCUT2D eigenvalue weighted by Gasteiger charge is -2.22. The minimum absolute atomic E-state index is 0.0811. The van der Waals surface area contributed by atoms with Gasteiger partial charge in [0.25, 0.3) is 11.5 Å². The molecular formula is C20H20FN3O3. The third-order valence-electron chi connectivity index (χ3n) is 4.27. The van der Waals surface area contributed by atoms with Gasteiger partial charge in [-0.2, -0.15) is 0 Å². The molecule has 1 aromatic heterocycles. The lowest BCUT2D eigenvalue weighted by Crippen LogP contribution is -2.34. The standard InChI is InChI=1S/C20H20FN3O3/c1-13-7-8-14(11-16(13)21)20(26)24(9-10-27-2)12-18-22-17-6-4-3-5-15(17)19(25)23-18/h3-8,11H,9-10,12H2,1-2H3,(H,22,23,25). The fraction of sp³-hybridized carbons (Fsp3) is 0.250. The Bertz CT molecular complexity index is 1030. The number of amides is 1. The molecule has 1 amide bonds. The first kappa shape index (κ1) is 18.7. The Morgan fingerprint density at radius 3 is 2.78 bits per heavy atom. The van der Waals surface area contributed by atoms with Crippen molar-refractivity contribution >= 4 is 16.8 Å². The van der Waals surface area contributed by atoms with Crippen molar-refractivity contribution in [2.24, 2.45) is 0 Å². The van der Waals surface area contributed by atoms with Crippen molar-refractivity contribution in [2.45, 2.75) is 13.5 Å². The van der Waals surface area contributed by atoms with Gasteiger partial charge in [-0.1, -0.05) is 18.2 Å². The molecule has 0 aliphatic heterocycles. The van der Waals surface area contributed by atoms with Crippen molar-refractivity contribution < 1.29 is 13.9 Å². The molecule has 0 radical (unpaired) electrons. The number of H-pyrrole nitrogens is 1. The monoisotopic (exact) mass is 369 g/mol. The van der Waals surface area contributed by atoms with Gasteiger partial charge in [-0.25, -0.2) is 9.37 Å². The van der Waals surface area contributed by atoms with Gasteiger partial charge in [0.2, 0.25) is 0 Å². The molecule has 6 nitrogen and oxygen atoms in total. The number of aryl methyl sites for hydroxylation is 1. The average molecular weight is 369 g/mol. The molecule has 0 unspecified atom stereocenters. The zero-order valence-corrected chi connectivity index (χ0v) is 15.2. The molecular weight excluding hydrogens is 349 g/mol. The van der Waals surface area contributed by atoms with Crippen LogP contribution in [0.4, 0.5) is 4.39 Å². The van der Waals surface area contributed by atoms with E-state index in [9.17, 15) is 14.0 Å². The Labute approximate surface area is 155 Å². The third kappa shape index (κ3) is 4.20. The molecule has 0 saturated carbocycles. The van der Waals surface area contributed by atoms with Crippen LogP contribution in [0.3, 0.4) is 0 Å². The molecule has 7 heteroatoms. The van der Waals surface area contributed by atoms with Crippen molar-refractivity contribution in [1.29, 1.82) is 0 Å². The lowest BCUT2D eigenvalue weighted by atomic mass is 10.1. The van der Waals surface area contributed by atoms with E-state index in [1.54, 1.807) is 43.3 Å². The Morgan fingerprint density at radius 2 is 2.04 bits per heavy atom. The van der Waals surface area contributed by atoms with Crippen LogP contribution in [0.5, 0.6) is 0 Å². The molecule has 27 heavy (non-hydrogen) atoms. The van der Waals surface area contributed by atoms with Gasteiger partial charge in [0.1, 0.15) is 11.6 Å². The van der Waals surface area contributed by atoms with Crippen LogP contribution < -0.4 is 5.56 Å². The number of fused-ring (bicyclic) bond motifs is 1. The van der Waals surface area contributed by atoms with Gasteiger partial charge >= 0.3 is 0 Å². The van der Waals surface area contributed by atoms with Gasteiger partial charge in [-0.15, -0.1) is 0 Å². The highest BCUT2D eigenvalue weighted by molar-refractivity contribution is 5.94. The molecule has 1 heterocycles. The van der Waals surface area contributed by atoms with E-state index in [2.05, 4.69) is 9.97 Å². The largest absolute Gasteiger partial charge is 0.383 e. The van der Waals surface area contributed by atoms with Gasteiger partial charge in [0, 0.05) is 19.2 Å². The van der Waals surface area contributed by atoms with E-state index in [1.807, 2.05) is 0 Å². The van der Waals surface area contributed by atoms with Crippen molar-refractivity contribution in [1.82, 2.24) is 14.9 Å². The molecule has 0 fully saturated rings. The molecule has 0 saturated heterocycles. The summed E-state index contributed by atoms with van der Waals surface area (Å²) in [5.41, 5.74) is 0.987. The summed E-state index contributed by atoms with van der Waals surface area (Å²) in [5, 5.41) is 0.483. The second-order valence-corrected chi connectivity index (χ2v) is 6.21. The van der Waals surface area contributed by atoms with Crippen LogP contribution in [-0.2, 0) is 11.3 Å². The zero-order valence-electron chi connectivity index (χ0n) is 15.2. The predicted octanol–water partition coefficient (Wildman–Crippen LogP) is 2.66. The van der Waals surface area contributed by atoms with E-state index >= 15 is 0 Å². The van der Waals surface area contributed by atoms with Gasteiger partial charge in [0.05, 0.1) is 24.1 Å². The number of hydrogen-bond acceptors (Lipinski definition) is 4. The average Bonchev–Trinajstić information content (AvgIpc) is 2.67. The first-order chi connectivity index (χ1) is 13.0. The summed E-state index contributed by atoms with van der Waals surface area (Å²) in [6, 6.07) is 11.3. The van der Waals surface area contributed by atoms with E-state index in [4.69, 9.17) is 4.74 Å². The summed E-state index contributed by atoms with van der Waals surface area (Å²) in [7, 11) is 1.53. The fourth-order valence-corrected chi connectivity index (χ4v) is 2.75. The number of para-hydroxylation sites is 1. The first-order valence-electron chi connectivity index (χ1n) is 8.52. The maximum atomic E-state index is 13.9. The number of halogens is 1. The van der Waals surface area contributed by atoms with Gasteiger partial charge < -0.3 is 14.6 Å². The minimum atomic E-state index is -0.440. The molecule has 0 atom stereocenters. The number of hydrogen-bond donors (Lipinski definition) is 1. The highest BCUT2D eigenvalue weighted by Crippen LogP contribution is 2.14. The van der Waals surface area contributed by atoms with E-state index < -0.39 is 5.82 Å². The normalized spacial score (nSPS) is 10.9. The number of aromatic nitrogens is 2. The highest BCUT2D eigenvalue weighted by Gasteiger charge is 2.18. The van der Waals surface area contributed by atoms with Crippen LogP contribution in [-0.4, -0.2) is 41.0 Å². The molecule has 0 bridgehead atoms. The molecule has 0 spiro atoms. The van der Waals surface area contributed by atoms with Crippen LogP contribution >= 0.6 is 0 Å². The van der Waals surface area contributed by atoms with Crippen LogP contribution in [0.1, 0.15) is 21.7 Å². The number of nitrogens with one attached hydrogen (secondary N) is 1. The second kappa shape index (κ2) is 8.09. The Morgan fingerprint density at radius 1 is 1.26 bits per heavy atom. The Kier molecular flexibility index (Phi) is 5.61. The topological polar surface area (TPSA) is 75.3 Å². The van der Waals surface area contributed by atoms with Crippen molar-refractivity contribution in [2.75, 3.05) is 20.3 Å². The molecule has 3 rings (SSSR count). The number of carbonyl (C=O) groups is 1. The second-order valence-electron chi connectivity index (χ2n) is 6.21. The van der Waals surface area contributed by atoms with Gasteiger partial charge in [-0.3, -0.25) is 9.59 Å². The quantitative estimate of drug-likeness (QED) is 0.725. The van der Waals surface area contributed by atoms with Crippen molar-refractivity contribution in [3.05, 3.63) is 75.6 Å². The molecule has 2 aromatic carbocycles. The Balaban J connectivity index is 1.92. The predicted molar refractivity (Wildman–Crippen MR) is 100 cm³/mol. The maximum Gasteiger partial charge on any atom is 0.258 e. The number of nitrogens with zero attached hydrogens (tertiary/aromatic N) is 2. The minimum Gasteiger partial charge on any atom is -0.383 e. The van der Waals surface area contributed by atoms with Crippen LogP contribution in [0.2, 0.25) is 0 Å². The number of aromatic amines is 1.